The average molecular weight is 455 g/mol. The maximum atomic E-state index is 8.43. The molecular weight excluding hydrogens is 420 g/mol. The minimum atomic E-state index is -0.122. The molecule has 2 saturated heterocycles. The van der Waals surface area contributed by atoms with Gasteiger partial charge in [0.2, 0.25) is 0 Å². The number of hydrogen-bond donors (Lipinski definition) is 1. The smallest absolute Gasteiger partial charge is 0.160 e. The van der Waals surface area contributed by atoms with Crippen molar-refractivity contribution in [1.82, 2.24) is 0 Å². The average Bonchev–Trinajstić information content (AvgIpc) is 2.87. The van der Waals surface area contributed by atoms with E-state index in [1.54, 1.807) is 13.2 Å². The van der Waals surface area contributed by atoms with Crippen molar-refractivity contribution in [3.8, 4) is 47.0 Å². The van der Waals surface area contributed by atoms with Gasteiger partial charge < -0.3 is 28.8 Å². The molecule has 1 aromatic carbocycles. The Morgan fingerprint density at radius 3 is 2.03 bits per heavy atom. The van der Waals surface area contributed by atoms with E-state index in [9.17, 15) is 0 Å². The van der Waals surface area contributed by atoms with Gasteiger partial charge in [-0.1, -0.05) is 41.6 Å². The van der Waals surface area contributed by atoms with Gasteiger partial charge in [-0.05, 0) is 50.7 Å². The Balaban J connectivity index is 0.000000254. The van der Waals surface area contributed by atoms with Crippen molar-refractivity contribution in [2.24, 2.45) is 0 Å². The fraction of sp³-hybridized carbons (Fsp3) is 0.556. The Hall–Kier alpha value is -2.66. The van der Waals surface area contributed by atoms with Crippen LogP contribution in [0.2, 0.25) is 0 Å². The zero-order chi connectivity index (χ0) is 23.4. The molecule has 2 heterocycles. The quantitative estimate of drug-likeness (QED) is 0.681. The molecule has 33 heavy (non-hydrogen) atoms. The van der Waals surface area contributed by atoms with E-state index in [-0.39, 0.29) is 19.2 Å². The predicted octanol–water partition coefficient (Wildman–Crippen LogP) is 3.91. The van der Waals surface area contributed by atoms with E-state index in [1.807, 2.05) is 18.2 Å². The lowest BCUT2D eigenvalue weighted by Crippen LogP contribution is -2.31. The van der Waals surface area contributed by atoms with Crippen molar-refractivity contribution >= 4 is 0 Å². The molecule has 2 fully saturated rings. The van der Waals surface area contributed by atoms with Crippen LogP contribution >= 0.6 is 0 Å². The summed E-state index contributed by atoms with van der Waals surface area (Å²) in [4.78, 5) is 0. The standard InChI is InChI=1S/C17H16O3.C10H18O3/c1-19-16-11-10-12-17(15-16)20-14-9-7-5-3-2-4-6-8-13-18;1-3-7-11-9(5-1)13-10-6-2-4-8-12-10/h10-12,15,18H,4-5,13-14H2,1H3;9-10H,1-8H2. The van der Waals surface area contributed by atoms with E-state index in [1.165, 1.54) is 25.7 Å². The molecule has 6 nitrogen and oxygen atoms in total. The summed E-state index contributed by atoms with van der Waals surface area (Å²) in [5, 5.41) is 8.43. The molecule has 0 aromatic heterocycles. The number of benzene rings is 1. The molecule has 0 amide bonds. The summed E-state index contributed by atoms with van der Waals surface area (Å²) in [5.41, 5.74) is 0. The van der Waals surface area contributed by atoms with Crippen LogP contribution in [0.3, 0.4) is 0 Å². The van der Waals surface area contributed by atoms with E-state index in [0.717, 1.165) is 37.6 Å². The number of hydrogen-bond acceptors (Lipinski definition) is 6. The number of aliphatic hydroxyl groups is 1. The van der Waals surface area contributed by atoms with E-state index in [4.69, 9.17) is 28.8 Å². The molecule has 2 aliphatic rings. The van der Waals surface area contributed by atoms with E-state index < -0.39 is 0 Å². The first-order valence-corrected chi connectivity index (χ1v) is 11.5. The molecule has 178 valence electrons. The maximum Gasteiger partial charge on any atom is 0.160 e. The SMILES string of the molecule is C1CCC(OC2CCCCO2)OC1.COc1cccc(OCC#CCC#CCC#CCO)c1. The van der Waals surface area contributed by atoms with Gasteiger partial charge >= 0.3 is 0 Å². The molecule has 0 radical (unpaired) electrons. The third kappa shape index (κ3) is 12.8. The van der Waals surface area contributed by atoms with Crippen LogP contribution in [-0.4, -0.2) is 51.2 Å². The van der Waals surface area contributed by atoms with E-state index >= 15 is 0 Å². The van der Waals surface area contributed by atoms with Crippen LogP contribution < -0.4 is 9.47 Å². The van der Waals surface area contributed by atoms with Crippen molar-refractivity contribution in [3.63, 3.8) is 0 Å². The Morgan fingerprint density at radius 1 is 0.848 bits per heavy atom. The topological polar surface area (TPSA) is 66.4 Å². The van der Waals surface area contributed by atoms with Crippen LogP contribution in [0.4, 0.5) is 0 Å². The van der Waals surface area contributed by atoms with E-state index in [0.29, 0.717) is 19.4 Å². The summed E-state index contributed by atoms with van der Waals surface area (Å²) in [5.74, 6) is 18.2. The molecular formula is C27H34O6. The normalized spacial score (nSPS) is 19.1. The summed E-state index contributed by atoms with van der Waals surface area (Å²) in [7, 11) is 1.61. The summed E-state index contributed by atoms with van der Waals surface area (Å²) >= 11 is 0. The molecule has 0 spiro atoms. The Kier molecular flexibility index (Phi) is 14.4. The largest absolute Gasteiger partial charge is 0.497 e. The van der Waals surface area contributed by atoms with Gasteiger partial charge in [0.15, 0.2) is 12.6 Å². The first-order chi connectivity index (χ1) is 16.3. The zero-order valence-electron chi connectivity index (χ0n) is 19.4. The van der Waals surface area contributed by atoms with Gasteiger partial charge in [-0.15, -0.1) is 0 Å². The van der Waals surface area contributed by atoms with Crippen molar-refractivity contribution in [3.05, 3.63) is 24.3 Å². The van der Waals surface area contributed by atoms with Gasteiger partial charge in [-0.3, -0.25) is 0 Å². The van der Waals surface area contributed by atoms with Gasteiger partial charge in [0, 0.05) is 19.3 Å². The summed E-state index contributed by atoms with van der Waals surface area (Å²) in [6, 6.07) is 7.37. The molecule has 3 rings (SSSR count). The van der Waals surface area contributed by atoms with Gasteiger partial charge in [-0.2, -0.15) is 0 Å². The van der Waals surface area contributed by atoms with Crippen molar-refractivity contribution in [2.45, 2.75) is 63.9 Å². The van der Waals surface area contributed by atoms with Crippen molar-refractivity contribution in [2.75, 3.05) is 33.5 Å². The van der Waals surface area contributed by atoms with Gasteiger partial charge in [-0.25, -0.2) is 0 Å². The van der Waals surface area contributed by atoms with Crippen molar-refractivity contribution < 1.29 is 28.8 Å². The van der Waals surface area contributed by atoms with Crippen LogP contribution in [0.25, 0.3) is 0 Å². The summed E-state index contributed by atoms with van der Waals surface area (Å²) < 4.78 is 27.2. The third-order valence-corrected chi connectivity index (χ3v) is 4.74. The molecule has 1 N–H and O–H groups in total. The third-order valence-electron chi connectivity index (χ3n) is 4.74. The molecule has 2 unspecified atom stereocenters. The van der Waals surface area contributed by atoms with Gasteiger partial charge in [0.05, 0.1) is 20.0 Å². The highest BCUT2D eigenvalue weighted by Crippen LogP contribution is 2.21. The molecule has 1 aromatic rings. The molecule has 0 bridgehead atoms. The lowest BCUT2D eigenvalue weighted by Gasteiger charge is -2.29. The number of methoxy groups -OCH3 is 1. The second-order valence-electron chi connectivity index (χ2n) is 7.27. The van der Waals surface area contributed by atoms with Crippen LogP contribution in [0, 0.1) is 35.5 Å². The van der Waals surface area contributed by atoms with Crippen LogP contribution in [0.1, 0.15) is 51.4 Å². The molecule has 6 heteroatoms. The molecule has 0 aliphatic carbocycles. The lowest BCUT2D eigenvalue weighted by molar-refractivity contribution is -0.264. The maximum absolute atomic E-state index is 8.43. The first-order valence-electron chi connectivity index (χ1n) is 11.5. The highest BCUT2D eigenvalue weighted by molar-refractivity contribution is 5.33. The fourth-order valence-electron chi connectivity index (χ4n) is 3.06. The molecule has 0 saturated carbocycles. The predicted molar refractivity (Wildman–Crippen MR) is 126 cm³/mol. The number of aliphatic hydroxyl groups excluding tert-OH is 1. The van der Waals surface area contributed by atoms with Crippen LogP contribution in [0.5, 0.6) is 11.5 Å². The first kappa shape index (κ1) is 26.6. The highest BCUT2D eigenvalue weighted by atomic mass is 16.8. The Labute approximate surface area is 197 Å². The van der Waals surface area contributed by atoms with E-state index in [2.05, 4.69) is 35.5 Å². The highest BCUT2D eigenvalue weighted by Gasteiger charge is 2.21. The van der Waals surface area contributed by atoms with Crippen molar-refractivity contribution in [1.29, 1.82) is 0 Å². The van der Waals surface area contributed by atoms with Crippen LogP contribution in [-0.2, 0) is 14.2 Å². The minimum absolute atomic E-state index is 0.00292. The van der Waals surface area contributed by atoms with Crippen LogP contribution in [0.15, 0.2) is 24.3 Å². The van der Waals surface area contributed by atoms with Gasteiger partial charge in [0.1, 0.15) is 24.7 Å². The van der Waals surface area contributed by atoms with Gasteiger partial charge in [0.25, 0.3) is 0 Å². The number of rotatable bonds is 5. The minimum Gasteiger partial charge on any atom is -0.497 e. The fourth-order valence-corrected chi connectivity index (χ4v) is 3.06. The lowest BCUT2D eigenvalue weighted by atomic mass is 10.2. The molecule has 2 atom stereocenters. The number of ether oxygens (including phenoxy) is 5. The summed E-state index contributed by atoms with van der Waals surface area (Å²) in [6.07, 6.45) is 7.78. The summed E-state index contributed by atoms with van der Waals surface area (Å²) in [6.45, 7) is 1.89. The Morgan fingerprint density at radius 2 is 1.45 bits per heavy atom. The second-order valence-corrected chi connectivity index (χ2v) is 7.27. The Bertz CT molecular complexity index is 820. The monoisotopic (exact) mass is 454 g/mol. The molecule has 2 aliphatic heterocycles. The zero-order valence-corrected chi connectivity index (χ0v) is 19.4. The second kappa shape index (κ2) is 17.8.